The van der Waals surface area contributed by atoms with Crippen molar-refractivity contribution in [3.8, 4) is 5.75 Å². The molecule has 2 N–H and O–H groups in total. The van der Waals surface area contributed by atoms with Crippen LogP contribution < -0.4 is 14.8 Å². The highest BCUT2D eigenvalue weighted by atomic mass is 32.2. The monoisotopic (exact) mass is 344 g/mol. The van der Waals surface area contributed by atoms with Crippen molar-refractivity contribution in [2.45, 2.75) is 23.7 Å². The molecule has 5 nitrogen and oxygen atoms in total. The van der Waals surface area contributed by atoms with E-state index < -0.39 is 10.0 Å². The third-order valence-electron chi connectivity index (χ3n) is 4.89. The standard InChI is InChI=1S/C18H20N2O3S/c19-24(21,22)15-5-6-17-13(11-15)7-9-20(17)12-14-8-10-23-18-4-2-1-3-16(14)18/h1-6,11,14H,7-10,12H2,(H2,19,21,22). The minimum atomic E-state index is -3.64. The molecule has 0 amide bonds. The van der Waals surface area contributed by atoms with E-state index in [9.17, 15) is 8.42 Å². The smallest absolute Gasteiger partial charge is 0.238 e. The molecule has 2 aromatic carbocycles. The second kappa shape index (κ2) is 5.79. The molecule has 0 aliphatic carbocycles. The summed E-state index contributed by atoms with van der Waals surface area (Å²) in [4.78, 5) is 2.54. The number of primary sulfonamides is 1. The molecule has 2 aliphatic rings. The summed E-state index contributed by atoms with van der Waals surface area (Å²) in [6, 6.07) is 13.4. The van der Waals surface area contributed by atoms with E-state index in [1.54, 1.807) is 12.1 Å². The lowest BCUT2D eigenvalue weighted by molar-refractivity contribution is 0.268. The van der Waals surface area contributed by atoms with E-state index in [0.717, 1.165) is 49.5 Å². The zero-order valence-corrected chi connectivity index (χ0v) is 14.1. The highest BCUT2D eigenvalue weighted by Gasteiger charge is 2.27. The Kier molecular flexibility index (Phi) is 3.73. The zero-order chi connectivity index (χ0) is 16.7. The molecule has 2 aromatic rings. The average molecular weight is 344 g/mol. The maximum atomic E-state index is 11.5. The van der Waals surface area contributed by atoms with E-state index in [2.05, 4.69) is 17.0 Å². The first kappa shape index (κ1) is 15.5. The fourth-order valence-electron chi connectivity index (χ4n) is 3.68. The van der Waals surface area contributed by atoms with Gasteiger partial charge in [-0.05, 0) is 48.2 Å². The first-order chi connectivity index (χ1) is 11.5. The average Bonchev–Trinajstić information content (AvgIpc) is 2.97. The Morgan fingerprint density at radius 3 is 2.88 bits per heavy atom. The van der Waals surface area contributed by atoms with E-state index in [4.69, 9.17) is 9.88 Å². The van der Waals surface area contributed by atoms with Crippen LogP contribution in [0.25, 0.3) is 0 Å². The van der Waals surface area contributed by atoms with Gasteiger partial charge in [0.25, 0.3) is 0 Å². The fourth-order valence-corrected chi connectivity index (χ4v) is 4.25. The third-order valence-corrected chi connectivity index (χ3v) is 5.81. The summed E-state index contributed by atoms with van der Waals surface area (Å²) in [6.07, 6.45) is 1.85. The summed E-state index contributed by atoms with van der Waals surface area (Å²) in [5.74, 6) is 1.41. The molecular weight excluding hydrogens is 324 g/mol. The first-order valence-corrected chi connectivity index (χ1v) is 9.69. The normalized spacial score (nSPS) is 19.5. The number of benzene rings is 2. The maximum Gasteiger partial charge on any atom is 0.238 e. The van der Waals surface area contributed by atoms with Gasteiger partial charge < -0.3 is 9.64 Å². The van der Waals surface area contributed by atoms with Crippen LogP contribution in [0.3, 0.4) is 0 Å². The summed E-state index contributed by atoms with van der Waals surface area (Å²) in [6.45, 7) is 2.57. The molecule has 4 rings (SSSR count). The summed E-state index contributed by atoms with van der Waals surface area (Å²) in [7, 11) is -3.64. The fraction of sp³-hybridized carbons (Fsp3) is 0.333. The molecule has 2 aliphatic heterocycles. The second-order valence-corrected chi connectivity index (χ2v) is 7.96. The number of para-hydroxylation sites is 1. The quantitative estimate of drug-likeness (QED) is 0.927. The topological polar surface area (TPSA) is 72.6 Å². The maximum absolute atomic E-state index is 11.5. The van der Waals surface area contributed by atoms with Crippen LogP contribution in [-0.2, 0) is 16.4 Å². The van der Waals surface area contributed by atoms with Crippen LogP contribution in [0.1, 0.15) is 23.5 Å². The van der Waals surface area contributed by atoms with Gasteiger partial charge in [-0.3, -0.25) is 0 Å². The van der Waals surface area contributed by atoms with Gasteiger partial charge in [0.1, 0.15) is 5.75 Å². The second-order valence-electron chi connectivity index (χ2n) is 6.40. The number of anilines is 1. The van der Waals surface area contributed by atoms with E-state index in [0.29, 0.717) is 5.92 Å². The number of ether oxygens (including phenoxy) is 1. The van der Waals surface area contributed by atoms with Crippen molar-refractivity contribution in [1.29, 1.82) is 0 Å². The van der Waals surface area contributed by atoms with Gasteiger partial charge in [-0.1, -0.05) is 18.2 Å². The van der Waals surface area contributed by atoms with Crippen LogP contribution in [0.4, 0.5) is 5.69 Å². The summed E-state index contributed by atoms with van der Waals surface area (Å²) >= 11 is 0. The van der Waals surface area contributed by atoms with Crippen LogP contribution in [0, 0.1) is 0 Å². The molecule has 24 heavy (non-hydrogen) atoms. The highest BCUT2D eigenvalue weighted by molar-refractivity contribution is 7.89. The summed E-state index contributed by atoms with van der Waals surface area (Å²) in [5, 5.41) is 5.23. The number of rotatable bonds is 3. The van der Waals surface area contributed by atoms with Gasteiger partial charge in [0.05, 0.1) is 11.5 Å². The number of nitrogens with two attached hydrogens (primary N) is 1. The SMILES string of the molecule is NS(=O)(=O)c1ccc2c(c1)CCN2CC1CCOc2ccccc21. The Hall–Kier alpha value is -2.05. The minimum absolute atomic E-state index is 0.194. The lowest BCUT2D eigenvalue weighted by Gasteiger charge is -2.30. The molecule has 0 fully saturated rings. The Morgan fingerprint density at radius 2 is 2.04 bits per heavy atom. The van der Waals surface area contributed by atoms with Crippen molar-refractivity contribution in [3.05, 3.63) is 53.6 Å². The van der Waals surface area contributed by atoms with E-state index in [1.807, 2.05) is 18.2 Å². The van der Waals surface area contributed by atoms with Crippen molar-refractivity contribution in [2.75, 3.05) is 24.6 Å². The van der Waals surface area contributed by atoms with Gasteiger partial charge in [-0.15, -0.1) is 0 Å². The van der Waals surface area contributed by atoms with Crippen molar-refractivity contribution in [2.24, 2.45) is 5.14 Å². The van der Waals surface area contributed by atoms with Crippen molar-refractivity contribution in [3.63, 3.8) is 0 Å². The molecule has 126 valence electrons. The number of hydrogen-bond acceptors (Lipinski definition) is 4. The molecule has 0 bridgehead atoms. The molecule has 0 radical (unpaired) electrons. The minimum Gasteiger partial charge on any atom is -0.493 e. The van der Waals surface area contributed by atoms with E-state index in [1.165, 1.54) is 5.56 Å². The van der Waals surface area contributed by atoms with Crippen LogP contribution >= 0.6 is 0 Å². The summed E-state index contributed by atoms with van der Waals surface area (Å²) < 4.78 is 28.8. The summed E-state index contributed by atoms with van der Waals surface area (Å²) in [5.41, 5.74) is 3.44. The lowest BCUT2D eigenvalue weighted by atomic mass is 9.92. The van der Waals surface area contributed by atoms with Gasteiger partial charge in [-0.25, -0.2) is 13.6 Å². The lowest BCUT2D eigenvalue weighted by Crippen LogP contribution is -2.29. The first-order valence-electron chi connectivity index (χ1n) is 8.15. The zero-order valence-electron chi connectivity index (χ0n) is 13.3. The van der Waals surface area contributed by atoms with E-state index in [-0.39, 0.29) is 4.90 Å². The number of nitrogens with zero attached hydrogens (tertiary/aromatic N) is 1. The van der Waals surface area contributed by atoms with Crippen molar-refractivity contribution in [1.82, 2.24) is 0 Å². The molecular formula is C18H20N2O3S. The van der Waals surface area contributed by atoms with Gasteiger partial charge in [0, 0.05) is 24.7 Å². The van der Waals surface area contributed by atoms with Crippen molar-refractivity contribution < 1.29 is 13.2 Å². The molecule has 6 heteroatoms. The molecule has 1 unspecified atom stereocenters. The predicted molar refractivity (Wildman–Crippen MR) is 93.0 cm³/mol. The molecule has 0 saturated carbocycles. The highest BCUT2D eigenvalue weighted by Crippen LogP contribution is 2.37. The van der Waals surface area contributed by atoms with Crippen LogP contribution in [0.15, 0.2) is 47.4 Å². The van der Waals surface area contributed by atoms with Gasteiger partial charge >= 0.3 is 0 Å². The molecule has 0 aromatic heterocycles. The largest absolute Gasteiger partial charge is 0.493 e. The Bertz CT molecular complexity index is 880. The number of sulfonamides is 1. The van der Waals surface area contributed by atoms with E-state index >= 15 is 0 Å². The van der Waals surface area contributed by atoms with Crippen molar-refractivity contribution >= 4 is 15.7 Å². The number of hydrogen-bond donors (Lipinski definition) is 1. The third kappa shape index (κ3) is 2.76. The van der Waals surface area contributed by atoms with Gasteiger partial charge in [0.15, 0.2) is 0 Å². The van der Waals surface area contributed by atoms with Gasteiger partial charge in [-0.2, -0.15) is 0 Å². The van der Waals surface area contributed by atoms with Crippen LogP contribution in [-0.4, -0.2) is 28.1 Å². The Balaban J connectivity index is 1.59. The Labute approximate surface area is 142 Å². The van der Waals surface area contributed by atoms with Crippen LogP contribution in [0.2, 0.25) is 0 Å². The molecule has 2 heterocycles. The Morgan fingerprint density at radius 1 is 1.21 bits per heavy atom. The number of fused-ring (bicyclic) bond motifs is 2. The molecule has 1 atom stereocenters. The molecule has 0 saturated heterocycles. The van der Waals surface area contributed by atoms with Crippen LogP contribution in [0.5, 0.6) is 5.75 Å². The molecule has 0 spiro atoms. The predicted octanol–water partition coefficient (Wildman–Crippen LogP) is 2.26. The van der Waals surface area contributed by atoms with Gasteiger partial charge in [0.2, 0.25) is 10.0 Å².